The van der Waals surface area contributed by atoms with Gasteiger partial charge in [-0.1, -0.05) is 80.6 Å². The molecule has 0 spiro atoms. The second kappa shape index (κ2) is 10.5. The van der Waals surface area contributed by atoms with Crippen LogP contribution in [0.15, 0.2) is 0 Å². The molecule has 0 N–H and O–H groups in total. The molecule has 0 nitrogen and oxygen atoms in total. The standard InChI is InChI=1S/C13H28.C2H6/c1-6-8-9-12(3)10-11-13(4,5)7-2;1-2/h12H,6-11H2,1-5H3;1-2H3. The van der Waals surface area contributed by atoms with E-state index in [0.29, 0.717) is 5.41 Å². The summed E-state index contributed by atoms with van der Waals surface area (Å²) >= 11 is 0. The normalized spacial score (nSPS) is 13.0. The van der Waals surface area contributed by atoms with Crippen molar-refractivity contribution < 1.29 is 0 Å². The summed E-state index contributed by atoms with van der Waals surface area (Å²) in [5.41, 5.74) is 0.570. The summed E-state index contributed by atoms with van der Waals surface area (Å²) in [4.78, 5) is 0. The average molecular weight is 214 g/mol. The first-order chi connectivity index (χ1) is 7.02. The Morgan fingerprint density at radius 1 is 1.00 bits per heavy atom. The van der Waals surface area contributed by atoms with E-state index < -0.39 is 0 Å². The lowest BCUT2D eigenvalue weighted by Crippen LogP contribution is -2.11. The number of hydrogen-bond donors (Lipinski definition) is 0. The lowest BCUT2D eigenvalue weighted by molar-refractivity contribution is 0.282. The molecular formula is C15H34. The summed E-state index contributed by atoms with van der Waals surface area (Å²) in [6.07, 6.45) is 8.31. The molecule has 1 unspecified atom stereocenters. The van der Waals surface area contributed by atoms with Gasteiger partial charge in [-0.15, -0.1) is 0 Å². The van der Waals surface area contributed by atoms with Gasteiger partial charge in [0.05, 0.1) is 0 Å². The van der Waals surface area contributed by atoms with E-state index in [2.05, 4.69) is 34.6 Å². The summed E-state index contributed by atoms with van der Waals surface area (Å²) in [5, 5.41) is 0. The molecule has 94 valence electrons. The summed E-state index contributed by atoms with van der Waals surface area (Å²) in [6.45, 7) is 15.8. The fourth-order valence-corrected chi connectivity index (χ4v) is 1.51. The fourth-order valence-electron chi connectivity index (χ4n) is 1.51. The Hall–Kier alpha value is 0. The van der Waals surface area contributed by atoms with Crippen molar-refractivity contribution in [3.05, 3.63) is 0 Å². The molecule has 0 aliphatic heterocycles. The molecule has 15 heavy (non-hydrogen) atoms. The van der Waals surface area contributed by atoms with Gasteiger partial charge in [0.15, 0.2) is 0 Å². The van der Waals surface area contributed by atoms with Crippen LogP contribution in [0.2, 0.25) is 0 Å². The van der Waals surface area contributed by atoms with Crippen molar-refractivity contribution in [2.24, 2.45) is 11.3 Å². The van der Waals surface area contributed by atoms with Crippen molar-refractivity contribution in [1.29, 1.82) is 0 Å². The zero-order chi connectivity index (χ0) is 12.3. The van der Waals surface area contributed by atoms with Crippen LogP contribution in [0.4, 0.5) is 0 Å². The van der Waals surface area contributed by atoms with Gasteiger partial charge in [0, 0.05) is 0 Å². The topological polar surface area (TPSA) is 0 Å². The van der Waals surface area contributed by atoms with Crippen LogP contribution in [-0.2, 0) is 0 Å². The number of hydrogen-bond acceptors (Lipinski definition) is 0. The van der Waals surface area contributed by atoms with Crippen LogP contribution in [0.3, 0.4) is 0 Å². The van der Waals surface area contributed by atoms with Gasteiger partial charge in [0.2, 0.25) is 0 Å². The highest BCUT2D eigenvalue weighted by atomic mass is 14.2. The predicted molar refractivity (Wildman–Crippen MR) is 73.3 cm³/mol. The molecule has 1 atom stereocenters. The Labute approximate surface area is 98.9 Å². The maximum Gasteiger partial charge on any atom is -0.0357 e. The third kappa shape index (κ3) is 11.9. The van der Waals surface area contributed by atoms with Crippen LogP contribution >= 0.6 is 0 Å². The molecular weight excluding hydrogens is 180 g/mol. The molecule has 0 amide bonds. The van der Waals surface area contributed by atoms with Crippen LogP contribution < -0.4 is 0 Å². The molecule has 0 aromatic rings. The molecule has 0 aliphatic rings. The Bertz CT molecular complexity index is 113. The first-order valence-electron chi connectivity index (χ1n) is 7.02. The zero-order valence-electron chi connectivity index (χ0n) is 12.3. The first kappa shape index (κ1) is 17.4. The van der Waals surface area contributed by atoms with Crippen LogP contribution in [0, 0.1) is 11.3 Å². The molecule has 0 heterocycles. The van der Waals surface area contributed by atoms with Gasteiger partial charge in [-0.05, 0) is 17.8 Å². The van der Waals surface area contributed by atoms with Crippen molar-refractivity contribution in [2.45, 2.75) is 87.0 Å². The van der Waals surface area contributed by atoms with E-state index in [1.54, 1.807) is 0 Å². The summed E-state index contributed by atoms with van der Waals surface area (Å²) in [7, 11) is 0. The summed E-state index contributed by atoms with van der Waals surface area (Å²) < 4.78 is 0. The molecule has 0 bridgehead atoms. The zero-order valence-corrected chi connectivity index (χ0v) is 12.3. The molecule has 0 radical (unpaired) electrons. The lowest BCUT2D eigenvalue weighted by Gasteiger charge is -2.24. The van der Waals surface area contributed by atoms with Gasteiger partial charge in [-0.25, -0.2) is 0 Å². The van der Waals surface area contributed by atoms with E-state index in [1.807, 2.05) is 13.8 Å². The van der Waals surface area contributed by atoms with Gasteiger partial charge in [-0.3, -0.25) is 0 Å². The second-order valence-corrected chi connectivity index (χ2v) is 5.30. The molecule has 0 aliphatic carbocycles. The highest BCUT2D eigenvalue weighted by Crippen LogP contribution is 2.29. The summed E-state index contributed by atoms with van der Waals surface area (Å²) in [5.74, 6) is 0.936. The van der Waals surface area contributed by atoms with E-state index in [0.717, 1.165) is 5.92 Å². The maximum atomic E-state index is 2.40. The smallest absolute Gasteiger partial charge is 0.0357 e. The largest absolute Gasteiger partial charge is 0.0683 e. The van der Waals surface area contributed by atoms with Crippen molar-refractivity contribution >= 4 is 0 Å². The molecule has 0 aromatic heterocycles. The van der Waals surface area contributed by atoms with Gasteiger partial charge in [-0.2, -0.15) is 0 Å². The van der Waals surface area contributed by atoms with E-state index in [9.17, 15) is 0 Å². The highest BCUT2D eigenvalue weighted by Gasteiger charge is 2.15. The predicted octanol–water partition coefficient (Wildman–Crippen LogP) is 6.06. The summed E-state index contributed by atoms with van der Waals surface area (Å²) in [6, 6.07) is 0. The lowest BCUT2D eigenvalue weighted by atomic mass is 9.82. The maximum absolute atomic E-state index is 2.40. The minimum absolute atomic E-state index is 0.570. The number of rotatable bonds is 7. The quantitative estimate of drug-likeness (QED) is 0.483. The molecule has 0 heteroatoms. The Morgan fingerprint density at radius 3 is 1.93 bits per heavy atom. The molecule has 0 saturated carbocycles. The van der Waals surface area contributed by atoms with Crippen molar-refractivity contribution in [3.8, 4) is 0 Å². The van der Waals surface area contributed by atoms with Gasteiger partial charge < -0.3 is 0 Å². The molecule has 0 saturated heterocycles. The van der Waals surface area contributed by atoms with Gasteiger partial charge in [0.25, 0.3) is 0 Å². The Kier molecular flexibility index (Phi) is 12.2. The fraction of sp³-hybridized carbons (Fsp3) is 1.00. The van der Waals surface area contributed by atoms with Crippen LogP contribution in [0.1, 0.15) is 87.0 Å². The SMILES string of the molecule is CC.CCCCC(C)CCC(C)(C)CC. The van der Waals surface area contributed by atoms with E-state index >= 15 is 0 Å². The minimum atomic E-state index is 0.570. The van der Waals surface area contributed by atoms with E-state index in [4.69, 9.17) is 0 Å². The molecule has 0 aromatic carbocycles. The third-order valence-corrected chi connectivity index (χ3v) is 3.32. The van der Waals surface area contributed by atoms with Crippen LogP contribution in [0.25, 0.3) is 0 Å². The van der Waals surface area contributed by atoms with Gasteiger partial charge >= 0.3 is 0 Å². The van der Waals surface area contributed by atoms with E-state index in [-0.39, 0.29) is 0 Å². The highest BCUT2D eigenvalue weighted by molar-refractivity contribution is 4.67. The second-order valence-electron chi connectivity index (χ2n) is 5.30. The van der Waals surface area contributed by atoms with Crippen molar-refractivity contribution in [2.75, 3.05) is 0 Å². The monoisotopic (exact) mass is 214 g/mol. The Morgan fingerprint density at radius 2 is 1.53 bits per heavy atom. The Balaban J connectivity index is 0. The number of unbranched alkanes of at least 4 members (excludes halogenated alkanes) is 1. The first-order valence-corrected chi connectivity index (χ1v) is 7.02. The van der Waals surface area contributed by atoms with Crippen molar-refractivity contribution in [3.63, 3.8) is 0 Å². The van der Waals surface area contributed by atoms with Crippen LogP contribution in [0.5, 0.6) is 0 Å². The average Bonchev–Trinajstić information content (AvgIpc) is 2.26. The van der Waals surface area contributed by atoms with Gasteiger partial charge in [0.1, 0.15) is 0 Å². The van der Waals surface area contributed by atoms with Crippen LogP contribution in [-0.4, -0.2) is 0 Å². The minimum Gasteiger partial charge on any atom is -0.0683 e. The van der Waals surface area contributed by atoms with E-state index in [1.165, 1.54) is 38.5 Å². The molecule has 0 rings (SSSR count). The molecule has 0 fully saturated rings. The van der Waals surface area contributed by atoms with Crippen molar-refractivity contribution in [1.82, 2.24) is 0 Å². The third-order valence-electron chi connectivity index (χ3n) is 3.32.